The van der Waals surface area contributed by atoms with Crippen LogP contribution in [0.3, 0.4) is 0 Å². The second-order valence-corrected chi connectivity index (χ2v) is 7.15. The summed E-state index contributed by atoms with van der Waals surface area (Å²) in [6.07, 6.45) is 4.29. The molecule has 1 atom stereocenters. The molecule has 1 saturated heterocycles. The monoisotopic (exact) mass is 381 g/mol. The van der Waals surface area contributed by atoms with Gasteiger partial charge in [-0.1, -0.05) is 18.5 Å². The molecule has 2 rings (SSSR count). The maximum absolute atomic E-state index is 12.6. The summed E-state index contributed by atoms with van der Waals surface area (Å²) < 4.78 is 5.23. The minimum atomic E-state index is -0.216. The number of hydrogen-bond donors (Lipinski definition) is 1. The van der Waals surface area contributed by atoms with Crippen LogP contribution in [0.15, 0.2) is 18.2 Å². The van der Waals surface area contributed by atoms with E-state index in [9.17, 15) is 9.59 Å². The van der Waals surface area contributed by atoms with Crippen molar-refractivity contribution in [2.45, 2.75) is 38.6 Å². The molecular weight excluding hydrogens is 354 g/mol. The smallest absolute Gasteiger partial charge is 0.238 e. The Labute approximate surface area is 160 Å². The second kappa shape index (κ2) is 9.78. The zero-order valence-electron chi connectivity index (χ0n) is 15.8. The summed E-state index contributed by atoms with van der Waals surface area (Å²) in [4.78, 5) is 28.6. The average molecular weight is 382 g/mol. The first kappa shape index (κ1) is 20.5. The summed E-state index contributed by atoms with van der Waals surface area (Å²) in [5.74, 6) is 0.416. The summed E-state index contributed by atoms with van der Waals surface area (Å²) in [7, 11) is 3.31. The van der Waals surface area contributed by atoms with Crippen LogP contribution < -0.4 is 10.1 Å². The molecule has 1 aliphatic rings. The molecule has 1 fully saturated rings. The van der Waals surface area contributed by atoms with E-state index in [2.05, 4.69) is 12.2 Å². The number of anilines is 1. The SMILES string of the molecule is CC[C@@H]1CCCCN1C(=O)CN(C)CC(=O)Nc1cc(Cl)ccc1OC. The fourth-order valence-corrected chi connectivity index (χ4v) is 3.52. The highest BCUT2D eigenvalue weighted by Gasteiger charge is 2.26. The number of ether oxygens (including phenoxy) is 1. The van der Waals surface area contributed by atoms with Crippen LogP contribution in [-0.2, 0) is 9.59 Å². The Morgan fingerprint density at radius 3 is 2.81 bits per heavy atom. The number of hydrogen-bond acceptors (Lipinski definition) is 4. The minimum Gasteiger partial charge on any atom is -0.495 e. The average Bonchev–Trinajstić information content (AvgIpc) is 2.61. The van der Waals surface area contributed by atoms with Crippen molar-refractivity contribution in [2.75, 3.05) is 39.1 Å². The predicted octanol–water partition coefficient (Wildman–Crippen LogP) is 3.01. The van der Waals surface area contributed by atoms with Gasteiger partial charge in [0.1, 0.15) is 5.75 Å². The fourth-order valence-electron chi connectivity index (χ4n) is 3.34. The van der Waals surface area contributed by atoms with E-state index < -0.39 is 0 Å². The molecule has 144 valence electrons. The van der Waals surface area contributed by atoms with Crippen LogP contribution in [0.5, 0.6) is 5.75 Å². The zero-order chi connectivity index (χ0) is 19.1. The number of methoxy groups -OCH3 is 1. The highest BCUT2D eigenvalue weighted by molar-refractivity contribution is 6.31. The summed E-state index contributed by atoms with van der Waals surface area (Å²) in [5.41, 5.74) is 0.520. The van der Waals surface area contributed by atoms with Crippen molar-refractivity contribution in [3.05, 3.63) is 23.2 Å². The van der Waals surface area contributed by atoms with Gasteiger partial charge in [-0.25, -0.2) is 0 Å². The van der Waals surface area contributed by atoms with Crippen molar-refractivity contribution in [3.8, 4) is 5.75 Å². The lowest BCUT2D eigenvalue weighted by atomic mass is 10.00. The number of halogens is 1. The lowest BCUT2D eigenvalue weighted by Crippen LogP contribution is -2.48. The molecule has 1 aromatic carbocycles. The van der Waals surface area contributed by atoms with Crippen molar-refractivity contribution >= 4 is 29.1 Å². The van der Waals surface area contributed by atoms with E-state index in [-0.39, 0.29) is 24.9 Å². The van der Waals surface area contributed by atoms with E-state index in [0.29, 0.717) is 22.5 Å². The molecule has 0 unspecified atom stereocenters. The van der Waals surface area contributed by atoms with Crippen molar-refractivity contribution in [2.24, 2.45) is 0 Å². The van der Waals surface area contributed by atoms with Gasteiger partial charge >= 0.3 is 0 Å². The molecule has 6 nitrogen and oxygen atoms in total. The van der Waals surface area contributed by atoms with Gasteiger partial charge in [0.05, 0.1) is 25.9 Å². The number of likely N-dealkylation sites (tertiary alicyclic amines) is 1. The number of nitrogens with one attached hydrogen (secondary N) is 1. The van der Waals surface area contributed by atoms with E-state index in [1.807, 2.05) is 4.90 Å². The molecule has 26 heavy (non-hydrogen) atoms. The molecule has 7 heteroatoms. The number of rotatable bonds is 7. The topological polar surface area (TPSA) is 61.9 Å². The Morgan fingerprint density at radius 2 is 2.12 bits per heavy atom. The Hall–Kier alpha value is -1.79. The minimum absolute atomic E-state index is 0.0900. The van der Waals surface area contributed by atoms with Gasteiger partial charge in [-0.2, -0.15) is 0 Å². The third-order valence-corrected chi connectivity index (χ3v) is 4.91. The van der Waals surface area contributed by atoms with E-state index >= 15 is 0 Å². The lowest BCUT2D eigenvalue weighted by Gasteiger charge is -2.36. The number of carbonyl (C=O) groups excluding carboxylic acids is 2. The van der Waals surface area contributed by atoms with Gasteiger partial charge in [-0.15, -0.1) is 0 Å². The molecule has 1 aliphatic heterocycles. The molecule has 0 spiro atoms. The fraction of sp³-hybridized carbons (Fsp3) is 0.579. The zero-order valence-corrected chi connectivity index (χ0v) is 16.5. The van der Waals surface area contributed by atoms with Gasteiger partial charge in [0.25, 0.3) is 0 Å². The summed E-state index contributed by atoms with van der Waals surface area (Å²) in [6.45, 7) is 3.28. The molecular formula is C19H28ClN3O3. The number of nitrogens with zero attached hydrogens (tertiary/aromatic N) is 2. The summed E-state index contributed by atoms with van der Waals surface area (Å²) in [6, 6.07) is 5.37. The predicted molar refractivity (Wildman–Crippen MR) is 104 cm³/mol. The van der Waals surface area contributed by atoms with Crippen molar-refractivity contribution in [1.82, 2.24) is 9.80 Å². The summed E-state index contributed by atoms with van der Waals surface area (Å²) in [5, 5.41) is 3.31. The Bertz CT molecular complexity index is 638. The molecule has 1 N–H and O–H groups in total. The van der Waals surface area contributed by atoms with E-state index in [0.717, 1.165) is 25.8 Å². The molecule has 0 radical (unpaired) electrons. The van der Waals surface area contributed by atoms with Crippen LogP contribution in [0, 0.1) is 0 Å². The molecule has 0 aliphatic carbocycles. The first-order valence-electron chi connectivity index (χ1n) is 9.06. The highest BCUT2D eigenvalue weighted by Crippen LogP contribution is 2.27. The first-order valence-corrected chi connectivity index (χ1v) is 9.43. The molecule has 2 amide bonds. The van der Waals surface area contributed by atoms with E-state index in [4.69, 9.17) is 16.3 Å². The molecule has 0 saturated carbocycles. The van der Waals surface area contributed by atoms with Gasteiger partial charge in [0.2, 0.25) is 11.8 Å². The van der Waals surface area contributed by atoms with Crippen molar-refractivity contribution < 1.29 is 14.3 Å². The standard InChI is InChI=1S/C19H28ClN3O3/c1-4-15-7-5-6-10-23(15)19(25)13-22(2)12-18(24)21-16-11-14(20)8-9-17(16)26-3/h8-9,11,15H,4-7,10,12-13H2,1-3H3,(H,21,24)/t15-/m1/s1. The number of carbonyl (C=O) groups is 2. The van der Waals surface area contributed by atoms with E-state index in [1.54, 1.807) is 30.1 Å². The number of amides is 2. The molecule has 1 heterocycles. The van der Waals surface area contributed by atoms with Gasteiger partial charge in [0, 0.05) is 17.6 Å². The van der Waals surface area contributed by atoms with Crippen LogP contribution in [-0.4, -0.2) is 61.4 Å². The van der Waals surface area contributed by atoms with Gasteiger partial charge in [-0.3, -0.25) is 14.5 Å². The normalized spacial score (nSPS) is 17.3. The van der Waals surface area contributed by atoms with Crippen molar-refractivity contribution in [3.63, 3.8) is 0 Å². The Balaban J connectivity index is 1.89. The Kier molecular flexibility index (Phi) is 7.72. The van der Waals surface area contributed by atoms with E-state index in [1.165, 1.54) is 13.5 Å². The van der Waals surface area contributed by atoms with Crippen LogP contribution in [0.1, 0.15) is 32.6 Å². The third-order valence-electron chi connectivity index (χ3n) is 4.67. The number of likely N-dealkylation sites (N-methyl/N-ethyl adjacent to an activating group) is 1. The van der Waals surface area contributed by atoms with Crippen LogP contribution in [0.25, 0.3) is 0 Å². The summed E-state index contributed by atoms with van der Waals surface area (Å²) >= 11 is 5.98. The maximum atomic E-state index is 12.6. The van der Waals surface area contributed by atoms with Crippen LogP contribution in [0.4, 0.5) is 5.69 Å². The third kappa shape index (κ3) is 5.61. The maximum Gasteiger partial charge on any atom is 0.238 e. The van der Waals surface area contributed by atoms with Gasteiger partial charge < -0.3 is 15.0 Å². The molecule has 0 bridgehead atoms. The molecule has 0 aromatic heterocycles. The molecule has 1 aromatic rings. The van der Waals surface area contributed by atoms with Gasteiger partial charge in [0.15, 0.2) is 0 Å². The number of piperidine rings is 1. The first-order chi connectivity index (χ1) is 12.4. The largest absolute Gasteiger partial charge is 0.495 e. The highest BCUT2D eigenvalue weighted by atomic mass is 35.5. The van der Waals surface area contributed by atoms with Gasteiger partial charge in [-0.05, 0) is 50.9 Å². The quantitative estimate of drug-likeness (QED) is 0.788. The van der Waals surface area contributed by atoms with Crippen LogP contribution >= 0.6 is 11.6 Å². The lowest BCUT2D eigenvalue weighted by molar-refractivity contribution is -0.136. The second-order valence-electron chi connectivity index (χ2n) is 6.71. The number of benzene rings is 1. The van der Waals surface area contributed by atoms with Crippen molar-refractivity contribution in [1.29, 1.82) is 0 Å². The van der Waals surface area contributed by atoms with Crippen LogP contribution in [0.2, 0.25) is 5.02 Å². The Morgan fingerprint density at radius 1 is 1.35 bits per heavy atom.